The molecule has 0 bridgehead atoms. The Bertz CT molecular complexity index is 535. The van der Waals surface area contributed by atoms with E-state index in [2.05, 4.69) is 22.3 Å². The first-order chi connectivity index (χ1) is 11.0. The Balaban J connectivity index is 1.98. The average molecular weight is 322 g/mol. The molecule has 2 amide bonds. The van der Waals surface area contributed by atoms with Gasteiger partial charge in [0.15, 0.2) is 5.82 Å². The number of amides is 2. The van der Waals surface area contributed by atoms with E-state index in [1.165, 1.54) is 0 Å². The van der Waals surface area contributed by atoms with Gasteiger partial charge in [-0.05, 0) is 39.3 Å². The zero-order valence-electron chi connectivity index (χ0n) is 13.9. The van der Waals surface area contributed by atoms with E-state index in [9.17, 15) is 9.59 Å². The maximum Gasteiger partial charge on any atom is 0.242 e. The number of hydrogen-bond donors (Lipinski definition) is 2. The van der Waals surface area contributed by atoms with Crippen molar-refractivity contribution in [3.05, 3.63) is 11.8 Å². The van der Waals surface area contributed by atoms with Crippen molar-refractivity contribution in [2.24, 2.45) is 11.7 Å². The monoisotopic (exact) mass is 322 g/mol. The molecule has 1 atom stereocenters. The van der Waals surface area contributed by atoms with E-state index in [1.54, 1.807) is 13.0 Å². The molecule has 2 rings (SSSR count). The molecule has 1 aromatic heterocycles. The summed E-state index contributed by atoms with van der Waals surface area (Å²) in [4.78, 5) is 26.1. The van der Waals surface area contributed by atoms with Crippen LogP contribution in [0.15, 0.2) is 10.6 Å². The van der Waals surface area contributed by atoms with Crippen molar-refractivity contribution in [1.29, 1.82) is 0 Å². The molecule has 1 aliphatic heterocycles. The highest BCUT2D eigenvalue weighted by molar-refractivity contribution is 5.94. The molecule has 1 aromatic rings. The summed E-state index contributed by atoms with van der Waals surface area (Å²) in [5, 5.41) is 6.64. The van der Waals surface area contributed by atoms with Crippen LogP contribution in [0.2, 0.25) is 0 Å². The fraction of sp³-hybridized carbons (Fsp3) is 0.688. The normalized spacial score (nSPS) is 17.8. The van der Waals surface area contributed by atoms with E-state index in [4.69, 9.17) is 10.3 Å². The number of nitrogens with zero attached hydrogens (tertiary/aromatic N) is 2. The largest absolute Gasteiger partial charge is 0.369 e. The van der Waals surface area contributed by atoms with Crippen molar-refractivity contribution in [3.63, 3.8) is 0 Å². The third-order valence-electron chi connectivity index (χ3n) is 4.39. The molecule has 1 saturated heterocycles. The molecule has 0 unspecified atom stereocenters. The van der Waals surface area contributed by atoms with Gasteiger partial charge in [0.1, 0.15) is 5.76 Å². The zero-order chi connectivity index (χ0) is 16.8. The molecule has 1 aliphatic rings. The van der Waals surface area contributed by atoms with Gasteiger partial charge in [0.25, 0.3) is 0 Å². The van der Waals surface area contributed by atoms with Crippen molar-refractivity contribution in [1.82, 2.24) is 10.1 Å². The first-order valence-electron chi connectivity index (χ1n) is 8.28. The number of anilines is 1. The van der Waals surface area contributed by atoms with Crippen LogP contribution in [0.25, 0.3) is 0 Å². The van der Waals surface area contributed by atoms with Gasteiger partial charge in [-0.15, -0.1) is 0 Å². The number of unbranched alkanes of at least 4 members (excludes halogenated alkanes) is 1. The van der Waals surface area contributed by atoms with Crippen molar-refractivity contribution < 1.29 is 14.1 Å². The molecule has 0 spiro atoms. The Labute approximate surface area is 136 Å². The van der Waals surface area contributed by atoms with Crippen LogP contribution in [-0.4, -0.2) is 41.0 Å². The highest BCUT2D eigenvalue weighted by atomic mass is 16.5. The Kier molecular flexibility index (Phi) is 6.15. The smallest absolute Gasteiger partial charge is 0.242 e. The first kappa shape index (κ1) is 17.5. The van der Waals surface area contributed by atoms with Gasteiger partial charge in [-0.3, -0.25) is 14.5 Å². The van der Waals surface area contributed by atoms with Crippen molar-refractivity contribution in [3.8, 4) is 0 Å². The summed E-state index contributed by atoms with van der Waals surface area (Å²) in [6, 6.07) is 1.49. The predicted octanol–water partition coefficient (Wildman–Crippen LogP) is 1.68. The van der Waals surface area contributed by atoms with E-state index < -0.39 is 0 Å². The van der Waals surface area contributed by atoms with Crippen LogP contribution in [0.4, 0.5) is 5.82 Å². The number of aromatic nitrogens is 1. The van der Waals surface area contributed by atoms with E-state index in [1.807, 2.05) is 0 Å². The van der Waals surface area contributed by atoms with E-state index >= 15 is 0 Å². The fourth-order valence-corrected chi connectivity index (χ4v) is 3.01. The van der Waals surface area contributed by atoms with Gasteiger partial charge in [-0.25, -0.2) is 0 Å². The second-order valence-electron chi connectivity index (χ2n) is 6.18. The minimum Gasteiger partial charge on any atom is -0.369 e. The van der Waals surface area contributed by atoms with E-state index in [0.29, 0.717) is 37.5 Å². The summed E-state index contributed by atoms with van der Waals surface area (Å²) in [7, 11) is 0. The maximum absolute atomic E-state index is 12.6. The molecule has 128 valence electrons. The second-order valence-corrected chi connectivity index (χ2v) is 6.18. The van der Waals surface area contributed by atoms with Gasteiger partial charge in [-0.1, -0.05) is 24.9 Å². The number of primary amides is 1. The van der Waals surface area contributed by atoms with Gasteiger partial charge in [-0.2, -0.15) is 0 Å². The minimum atomic E-state index is -0.239. The SMILES string of the molecule is CCCC[C@H](C(=O)Nc1cc(C)on1)N1CCC(C(N)=O)CC1. The first-order valence-corrected chi connectivity index (χ1v) is 8.28. The summed E-state index contributed by atoms with van der Waals surface area (Å²) in [5.74, 6) is 0.731. The van der Waals surface area contributed by atoms with Gasteiger partial charge < -0.3 is 15.6 Å². The summed E-state index contributed by atoms with van der Waals surface area (Å²) in [5.41, 5.74) is 5.38. The Morgan fingerprint density at radius 3 is 2.70 bits per heavy atom. The van der Waals surface area contributed by atoms with Crippen molar-refractivity contribution in [2.75, 3.05) is 18.4 Å². The number of nitrogens with two attached hydrogens (primary N) is 1. The van der Waals surface area contributed by atoms with Crippen LogP contribution in [-0.2, 0) is 9.59 Å². The minimum absolute atomic E-state index is 0.0655. The molecule has 23 heavy (non-hydrogen) atoms. The van der Waals surface area contributed by atoms with Crippen LogP contribution >= 0.6 is 0 Å². The number of carbonyl (C=O) groups excluding carboxylic acids is 2. The van der Waals surface area contributed by atoms with Crippen LogP contribution < -0.4 is 11.1 Å². The topological polar surface area (TPSA) is 101 Å². The molecule has 0 aliphatic carbocycles. The van der Waals surface area contributed by atoms with Crippen LogP contribution in [0, 0.1) is 12.8 Å². The number of piperidine rings is 1. The highest BCUT2D eigenvalue weighted by Gasteiger charge is 2.31. The molecular formula is C16H26N4O3. The Morgan fingerprint density at radius 1 is 1.48 bits per heavy atom. The van der Waals surface area contributed by atoms with Gasteiger partial charge in [0, 0.05) is 12.0 Å². The van der Waals surface area contributed by atoms with Gasteiger partial charge in [0.05, 0.1) is 6.04 Å². The number of rotatable bonds is 7. The Hall–Kier alpha value is -1.89. The number of nitrogens with one attached hydrogen (secondary N) is 1. The molecule has 7 nitrogen and oxygen atoms in total. The molecule has 0 radical (unpaired) electrons. The number of carbonyl (C=O) groups is 2. The third kappa shape index (κ3) is 4.79. The summed E-state index contributed by atoms with van der Waals surface area (Å²) < 4.78 is 4.98. The fourth-order valence-electron chi connectivity index (χ4n) is 3.01. The molecule has 0 saturated carbocycles. The predicted molar refractivity (Wildman–Crippen MR) is 86.7 cm³/mol. The molecule has 7 heteroatoms. The molecule has 0 aromatic carbocycles. The second kappa shape index (κ2) is 8.10. The molecule has 3 N–H and O–H groups in total. The Morgan fingerprint density at radius 2 is 2.17 bits per heavy atom. The van der Waals surface area contributed by atoms with Crippen LogP contribution in [0.1, 0.15) is 44.8 Å². The standard InChI is InChI=1S/C16H26N4O3/c1-3-4-5-13(16(22)18-14-10-11(2)23-19-14)20-8-6-12(7-9-20)15(17)21/h10,12-13H,3-9H2,1-2H3,(H2,17,21)(H,18,19,22)/t13-/m1/s1. The average Bonchev–Trinajstić information content (AvgIpc) is 2.93. The van der Waals surface area contributed by atoms with E-state index in [-0.39, 0.29) is 23.8 Å². The van der Waals surface area contributed by atoms with Gasteiger partial charge in [0.2, 0.25) is 11.8 Å². The van der Waals surface area contributed by atoms with Crippen LogP contribution in [0.5, 0.6) is 0 Å². The lowest BCUT2D eigenvalue weighted by atomic mass is 9.94. The number of likely N-dealkylation sites (tertiary alicyclic amines) is 1. The van der Waals surface area contributed by atoms with Crippen molar-refractivity contribution >= 4 is 17.6 Å². The molecule has 1 fully saturated rings. The zero-order valence-corrected chi connectivity index (χ0v) is 13.9. The number of hydrogen-bond acceptors (Lipinski definition) is 5. The summed E-state index contributed by atoms with van der Waals surface area (Å²) >= 11 is 0. The molecule has 2 heterocycles. The highest BCUT2D eigenvalue weighted by Crippen LogP contribution is 2.22. The third-order valence-corrected chi connectivity index (χ3v) is 4.39. The summed E-state index contributed by atoms with van der Waals surface area (Å²) in [6.45, 7) is 5.32. The van der Waals surface area contributed by atoms with Gasteiger partial charge >= 0.3 is 0 Å². The molecular weight excluding hydrogens is 296 g/mol. The van der Waals surface area contributed by atoms with Crippen LogP contribution in [0.3, 0.4) is 0 Å². The lowest BCUT2D eigenvalue weighted by Crippen LogP contribution is -2.49. The maximum atomic E-state index is 12.6. The number of aryl methyl sites for hydroxylation is 1. The summed E-state index contributed by atoms with van der Waals surface area (Å²) in [6.07, 6.45) is 4.24. The van der Waals surface area contributed by atoms with Crippen molar-refractivity contribution in [2.45, 2.75) is 52.0 Å². The van der Waals surface area contributed by atoms with E-state index in [0.717, 1.165) is 19.3 Å². The quantitative estimate of drug-likeness (QED) is 0.795. The lowest BCUT2D eigenvalue weighted by molar-refractivity contribution is -0.125. The lowest BCUT2D eigenvalue weighted by Gasteiger charge is -2.35.